The topological polar surface area (TPSA) is 78.1 Å². The van der Waals surface area contributed by atoms with E-state index in [0.29, 0.717) is 16.6 Å². The number of carbonyl (C=O) groups is 1. The van der Waals surface area contributed by atoms with Crippen LogP contribution in [-0.2, 0) is 11.2 Å². The molecule has 112 valence electrons. The molecule has 0 aliphatic rings. The maximum Gasteiger partial charge on any atom is 0.356 e. The lowest BCUT2D eigenvalue weighted by Crippen LogP contribution is -2.06. The summed E-state index contributed by atoms with van der Waals surface area (Å²) in [5.41, 5.74) is 8.52. The van der Waals surface area contributed by atoms with Gasteiger partial charge in [0.2, 0.25) is 0 Å². The molecule has 0 amide bonds. The van der Waals surface area contributed by atoms with Crippen molar-refractivity contribution in [2.45, 2.75) is 6.42 Å². The van der Waals surface area contributed by atoms with Crippen molar-refractivity contribution in [3.05, 3.63) is 52.3 Å². The molecule has 0 spiro atoms. The van der Waals surface area contributed by atoms with Gasteiger partial charge < -0.3 is 10.5 Å². The highest BCUT2D eigenvalue weighted by molar-refractivity contribution is 7.22. The molecule has 0 saturated heterocycles. The van der Waals surface area contributed by atoms with E-state index in [1.54, 1.807) is 12.1 Å². The van der Waals surface area contributed by atoms with Crippen molar-refractivity contribution < 1.29 is 9.53 Å². The Hall–Kier alpha value is -2.18. The van der Waals surface area contributed by atoms with Gasteiger partial charge in [-0.05, 0) is 29.8 Å². The first-order chi connectivity index (χ1) is 10.6. The van der Waals surface area contributed by atoms with E-state index in [2.05, 4.69) is 14.7 Å². The monoisotopic (exact) mass is 333 g/mol. The molecule has 0 aliphatic carbocycles. The van der Waals surface area contributed by atoms with Crippen LogP contribution in [0.2, 0.25) is 5.02 Å². The summed E-state index contributed by atoms with van der Waals surface area (Å²) in [6.07, 6.45) is 0.505. The maximum atomic E-state index is 11.6. The molecule has 2 aromatic heterocycles. The van der Waals surface area contributed by atoms with E-state index in [0.717, 1.165) is 21.5 Å². The normalized spacial score (nSPS) is 10.8. The minimum Gasteiger partial charge on any atom is -0.464 e. The Morgan fingerprint density at radius 2 is 2.18 bits per heavy atom. The summed E-state index contributed by atoms with van der Waals surface area (Å²) in [4.78, 5) is 20.2. The van der Waals surface area contributed by atoms with Crippen molar-refractivity contribution in [2.24, 2.45) is 0 Å². The van der Waals surface area contributed by atoms with Crippen molar-refractivity contribution >= 4 is 44.3 Å². The number of hydrogen-bond donors (Lipinski definition) is 1. The number of esters is 1. The molecule has 3 aromatic rings. The summed E-state index contributed by atoms with van der Waals surface area (Å²) < 4.78 is 5.62. The fourth-order valence-corrected chi connectivity index (χ4v) is 3.33. The maximum absolute atomic E-state index is 11.6. The lowest BCUT2D eigenvalue weighted by Gasteiger charge is -2.05. The van der Waals surface area contributed by atoms with Crippen LogP contribution in [0.3, 0.4) is 0 Å². The SMILES string of the molecule is COC(=O)c1cccc(Cc2cc(Cl)cc3sc(N)nc23)n1. The molecular formula is C15H12ClN3O2S. The number of nitrogens with zero attached hydrogens (tertiary/aromatic N) is 2. The average Bonchev–Trinajstić information content (AvgIpc) is 2.87. The van der Waals surface area contributed by atoms with Gasteiger partial charge in [0.25, 0.3) is 0 Å². The largest absolute Gasteiger partial charge is 0.464 e. The lowest BCUT2D eigenvalue weighted by molar-refractivity contribution is 0.0593. The number of pyridine rings is 1. The second-order valence-electron chi connectivity index (χ2n) is 4.65. The molecule has 7 heteroatoms. The molecule has 0 fully saturated rings. The Labute approximate surface area is 135 Å². The van der Waals surface area contributed by atoms with Crippen molar-refractivity contribution in [3.8, 4) is 0 Å². The van der Waals surface area contributed by atoms with Crippen LogP contribution in [-0.4, -0.2) is 23.0 Å². The van der Waals surface area contributed by atoms with Gasteiger partial charge in [-0.15, -0.1) is 0 Å². The summed E-state index contributed by atoms with van der Waals surface area (Å²) in [7, 11) is 1.33. The second-order valence-corrected chi connectivity index (χ2v) is 6.14. The van der Waals surface area contributed by atoms with E-state index in [9.17, 15) is 4.79 Å². The molecule has 0 aliphatic heterocycles. The van der Waals surface area contributed by atoms with Gasteiger partial charge in [0, 0.05) is 17.1 Å². The molecule has 3 rings (SSSR count). The van der Waals surface area contributed by atoms with Crippen LogP contribution in [0.1, 0.15) is 21.7 Å². The van der Waals surface area contributed by atoms with Crippen molar-refractivity contribution in [1.82, 2.24) is 9.97 Å². The number of rotatable bonds is 3. The number of fused-ring (bicyclic) bond motifs is 1. The van der Waals surface area contributed by atoms with Gasteiger partial charge >= 0.3 is 5.97 Å². The molecule has 1 aromatic carbocycles. The van der Waals surface area contributed by atoms with Crippen LogP contribution >= 0.6 is 22.9 Å². The highest BCUT2D eigenvalue weighted by Crippen LogP contribution is 2.30. The Bertz CT molecular complexity index is 863. The molecule has 22 heavy (non-hydrogen) atoms. The van der Waals surface area contributed by atoms with Gasteiger partial charge in [0.05, 0.1) is 17.3 Å². The Morgan fingerprint density at radius 3 is 2.95 bits per heavy atom. The number of hydrogen-bond acceptors (Lipinski definition) is 6. The third-order valence-electron chi connectivity index (χ3n) is 3.13. The number of nitrogens with two attached hydrogens (primary N) is 1. The number of ether oxygens (including phenoxy) is 1. The van der Waals surface area contributed by atoms with Crippen LogP contribution in [0.5, 0.6) is 0 Å². The molecular weight excluding hydrogens is 322 g/mol. The summed E-state index contributed by atoms with van der Waals surface area (Å²) in [5.74, 6) is -0.462. The van der Waals surface area contributed by atoms with E-state index < -0.39 is 5.97 Å². The average molecular weight is 334 g/mol. The fraction of sp³-hybridized carbons (Fsp3) is 0.133. The van der Waals surface area contributed by atoms with E-state index in [-0.39, 0.29) is 5.69 Å². The molecule has 0 bridgehead atoms. The number of methoxy groups -OCH3 is 1. The summed E-state index contributed by atoms with van der Waals surface area (Å²) in [5, 5.41) is 1.12. The minimum absolute atomic E-state index is 0.274. The zero-order valence-electron chi connectivity index (χ0n) is 11.7. The quantitative estimate of drug-likeness (QED) is 0.744. The van der Waals surface area contributed by atoms with Crippen molar-refractivity contribution in [3.63, 3.8) is 0 Å². The van der Waals surface area contributed by atoms with Gasteiger partial charge in [-0.2, -0.15) is 0 Å². The number of nitrogen functional groups attached to an aromatic ring is 1. The number of aromatic nitrogens is 2. The fourth-order valence-electron chi connectivity index (χ4n) is 2.20. The predicted octanol–water partition coefficient (Wildman–Crippen LogP) is 3.30. The number of benzene rings is 1. The van der Waals surface area contributed by atoms with Gasteiger partial charge in [0.1, 0.15) is 5.69 Å². The number of halogens is 1. The Balaban J connectivity index is 2.01. The predicted molar refractivity (Wildman–Crippen MR) is 87.4 cm³/mol. The Morgan fingerprint density at radius 1 is 1.36 bits per heavy atom. The zero-order valence-corrected chi connectivity index (χ0v) is 13.2. The van der Waals surface area contributed by atoms with Gasteiger partial charge in [0.15, 0.2) is 5.13 Å². The summed E-state index contributed by atoms with van der Waals surface area (Å²) >= 11 is 7.54. The summed E-state index contributed by atoms with van der Waals surface area (Å²) in [6.45, 7) is 0. The lowest BCUT2D eigenvalue weighted by atomic mass is 10.1. The third-order valence-corrected chi connectivity index (χ3v) is 4.18. The van der Waals surface area contributed by atoms with Crippen LogP contribution in [0.15, 0.2) is 30.3 Å². The van der Waals surface area contributed by atoms with Crippen LogP contribution in [0, 0.1) is 0 Å². The number of anilines is 1. The highest BCUT2D eigenvalue weighted by Gasteiger charge is 2.12. The molecule has 0 radical (unpaired) electrons. The molecule has 2 N–H and O–H groups in total. The first kappa shape index (κ1) is 14.7. The van der Waals surface area contributed by atoms with Gasteiger partial charge in [-0.1, -0.05) is 29.0 Å². The number of thiazole rings is 1. The van der Waals surface area contributed by atoms with Crippen molar-refractivity contribution in [2.75, 3.05) is 12.8 Å². The Kier molecular flexibility index (Phi) is 3.96. The van der Waals surface area contributed by atoms with E-state index in [4.69, 9.17) is 17.3 Å². The first-order valence-corrected chi connectivity index (χ1v) is 7.65. The minimum atomic E-state index is -0.462. The number of carbonyl (C=O) groups excluding carboxylic acids is 1. The smallest absolute Gasteiger partial charge is 0.356 e. The standard InChI is InChI=1S/C15H12ClN3O2S/c1-21-14(20)11-4-2-3-10(18-11)6-8-5-9(16)7-12-13(8)19-15(17)22-12/h2-5,7H,6H2,1H3,(H2,17,19). The van der Waals surface area contributed by atoms with E-state index in [1.165, 1.54) is 18.4 Å². The molecule has 0 saturated carbocycles. The first-order valence-electron chi connectivity index (χ1n) is 6.45. The molecule has 5 nitrogen and oxygen atoms in total. The third kappa shape index (κ3) is 2.88. The van der Waals surface area contributed by atoms with Crippen LogP contribution < -0.4 is 5.73 Å². The van der Waals surface area contributed by atoms with Crippen LogP contribution in [0.4, 0.5) is 5.13 Å². The summed E-state index contributed by atoms with van der Waals surface area (Å²) in [6, 6.07) is 8.91. The van der Waals surface area contributed by atoms with E-state index >= 15 is 0 Å². The molecule has 0 unspecified atom stereocenters. The highest BCUT2D eigenvalue weighted by atomic mass is 35.5. The second kappa shape index (κ2) is 5.90. The van der Waals surface area contributed by atoms with E-state index in [1.807, 2.05) is 18.2 Å². The van der Waals surface area contributed by atoms with Crippen LogP contribution in [0.25, 0.3) is 10.2 Å². The van der Waals surface area contributed by atoms with Gasteiger partial charge in [-0.3, -0.25) is 0 Å². The van der Waals surface area contributed by atoms with Crippen molar-refractivity contribution in [1.29, 1.82) is 0 Å². The molecule has 2 heterocycles. The van der Waals surface area contributed by atoms with Gasteiger partial charge in [-0.25, -0.2) is 14.8 Å². The molecule has 0 atom stereocenters. The zero-order chi connectivity index (χ0) is 15.7.